The highest BCUT2D eigenvalue weighted by Gasteiger charge is 2.21. The Balaban J connectivity index is 2.14. The van der Waals surface area contributed by atoms with E-state index in [1.54, 1.807) is 0 Å². The molecule has 15 heavy (non-hydrogen) atoms. The average Bonchev–Trinajstić information content (AvgIpc) is 2.75. The Bertz CT molecular complexity index is 304. The molecule has 1 heterocycles. The van der Waals surface area contributed by atoms with Crippen LogP contribution in [-0.2, 0) is 0 Å². The highest BCUT2D eigenvalue weighted by atomic mass is 32.2. The third-order valence-electron chi connectivity index (χ3n) is 2.91. The van der Waals surface area contributed by atoms with E-state index in [1.807, 2.05) is 12.1 Å². The molecule has 1 unspecified atom stereocenters. The van der Waals surface area contributed by atoms with Crippen molar-refractivity contribution in [3.8, 4) is 0 Å². The summed E-state index contributed by atoms with van der Waals surface area (Å²) in [7, 11) is 0. The van der Waals surface area contributed by atoms with Crippen molar-refractivity contribution >= 4 is 23.1 Å². The maximum absolute atomic E-state index is 5.70. The number of thioether (sulfide) groups is 1. The van der Waals surface area contributed by atoms with Crippen molar-refractivity contribution in [3.05, 3.63) is 24.3 Å². The SMILES string of the molecule is CCN(c1ccc(N)cc1)C1CCSC1. The minimum atomic E-state index is 0.712. The van der Waals surface area contributed by atoms with Crippen molar-refractivity contribution in [2.75, 3.05) is 28.7 Å². The molecular weight excluding hydrogens is 204 g/mol. The Kier molecular flexibility index (Phi) is 3.41. The first-order chi connectivity index (χ1) is 7.31. The van der Waals surface area contributed by atoms with Crippen LogP contribution in [0.2, 0.25) is 0 Å². The van der Waals surface area contributed by atoms with Crippen LogP contribution in [0.3, 0.4) is 0 Å². The summed E-state index contributed by atoms with van der Waals surface area (Å²) in [6, 6.07) is 8.94. The molecule has 0 bridgehead atoms. The molecule has 1 aliphatic rings. The van der Waals surface area contributed by atoms with Gasteiger partial charge in [0.15, 0.2) is 0 Å². The predicted octanol–water partition coefficient (Wildman–Crippen LogP) is 2.60. The summed E-state index contributed by atoms with van der Waals surface area (Å²) < 4.78 is 0. The van der Waals surface area contributed by atoms with Gasteiger partial charge >= 0.3 is 0 Å². The number of nitrogens with two attached hydrogens (primary N) is 1. The van der Waals surface area contributed by atoms with E-state index in [2.05, 4.69) is 35.7 Å². The fourth-order valence-electron chi connectivity index (χ4n) is 2.09. The fraction of sp³-hybridized carbons (Fsp3) is 0.500. The van der Waals surface area contributed by atoms with Crippen LogP contribution in [0.15, 0.2) is 24.3 Å². The Morgan fingerprint density at radius 2 is 2.13 bits per heavy atom. The highest BCUT2D eigenvalue weighted by Crippen LogP contribution is 2.27. The lowest BCUT2D eigenvalue weighted by atomic mass is 10.2. The van der Waals surface area contributed by atoms with E-state index in [1.165, 1.54) is 23.6 Å². The lowest BCUT2D eigenvalue weighted by molar-refractivity contribution is 0.661. The summed E-state index contributed by atoms with van der Waals surface area (Å²) in [5.74, 6) is 2.56. The third kappa shape index (κ3) is 2.40. The molecule has 3 heteroatoms. The number of rotatable bonds is 3. The predicted molar refractivity (Wildman–Crippen MR) is 69.6 cm³/mol. The van der Waals surface area contributed by atoms with Gasteiger partial charge in [-0.25, -0.2) is 0 Å². The summed E-state index contributed by atoms with van der Waals surface area (Å²) in [4.78, 5) is 2.49. The molecule has 1 fully saturated rings. The zero-order valence-corrected chi connectivity index (χ0v) is 9.96. The van der Waals surface area contributed by atoms with Gasteiger partial charge in [0.1, 0.15) is 0 Å². The second-order valence-corrected chi connectivity index (χ2v) is 5.04. The average molecular weight is 222 g/mol. The number of nitrogens with zero attached hydrogens (tertiary/aromatic N) is 1. The molecule has 1 aliphatic heterocycles. The molecule has 0 radical (unpaired) electrons. The summed E-state index contributed by atoms with van der Waals surface area (Å²) in [5, 5.41) is 0. The molecule has 2 nitrogen and oxygen atoms in total. The molecule has 2 rings (SSSR count). The van der Waals surface area contributed by atoms with Crippen LogP contribution >= 0.6 is 11.8 Å². The van der Waals surface area contributed by atoms with Crippen LogP contribution in [0.4, 0.5) is 11.4 Å². The lowest BCUT2D eigenvalue weighted by Gasteiger charge is -2.29. The maximum Gasteiger partial charge on any atom is 0.0388 e. The minimum absolute atomic E-state index is 0.712. The molecule has 0 aliphatic carbocycles. The number of hydrogen-bond donors (Lipinski definition) is 1. The van der Waals surface area contributed by atoms with Gasteiger partial charge in [-0.15, -0.1) is 0 Å². The van der Waals surface area contributed by atoms with Gasteiger partial charge in [0, 0.05) is 29.7 Å². The van der Waals surface area contributed by atoms with E-state index < -0.39 is 0 Å². The Morgan fingerprint density at radius 1 is 1.40 bits per heavy atom. The van der Waals surface area contributed by atoms with Gasteiger partial charge in [-0.05, 0) is 43.4 Å². The normalized spacial score (nSPS) is 20.5. The van der Waals surface area contributed by atoms with Crippen molar-refractivity contribution in [2.45, 2.75) is 19.4 Å². The first-order valence-corrected chi connectivity index (χ1v) is 6.66. The Morgan fingerprint density at radius 3 is 2.67 bits per heavy atom. The highest BCUT2D eigenvalue weighted by molar-refractivity contribution is 7.99. The second-order valence-electron chi connectivity index (χ2n) is 3.89. The van der Waals surface area contributed by atoms with Gasteiger partial charge in [-0.3, -0.25) is 0 Å². The zero-order valence-electron chi connectivity index (χ0n) is 9.15. The van der Waals surface area contributed by atoms with Crippen molar-refractivity contribution in [1.82, 2.24) is 0 Å². The number of benzene rings is 1. The van der Waals surface area contributed by atoms with Crippen LogP contribution in [0, 0.1) is 0 Å². The number of nitrogen functional groups attached to an aromatic ring is 1. The molecule has 2 N–H and O–H groups in total. The summed E-state index contributed by atoms with van der Waals surface area (Å²) in [6.45, 7) is 3.30. The molecule has 1 saturated heterocycles. The molecule has 1 aromatic rings. The van der Waals surface area contributed by atoms with E-state index >= 15 is 0 Å². The topological polar surface area (TPSA) is 29.3 Å². The van der Waals surface area contributed by atoms with Gasteiger partial charge in [-0.2, -0.15) is 11.8 Å². The molecule has 1 aromatic carbocycles. The van der Waals surface area contributed by atoms with Crippen LogP contribution < -0.4 is 10.6 Å². The van der Waals surface area contributed by atoms with Crippen molar-refractivity contribution in [1.29, 1.82) is 0 Å². The molecular formula is C12H18N2S. The summed E-state index contributed by atoms with van der Waals surface area (Å²) in [6.07, 6.45) is 1.31. The van der Waals surface area contributed by atoms with E-state index in [9.17, 15) is 0 Å². The van der Waals surface area contributed by atoms with Gasteiger partial charge in [0.05, 0.1) is 0 Å². The molecule has 0 saturated carbocycles. The summed E-state index contributed by atoms with van der Waals surface area (Å²) >= 11 is 2.06. The smallest absolute Gasteiger partial charge is 0.0388 e. The molecule has 82 valence electrons. The first-order valence-electron chi connectivity index (χ1n) is 5.51. The Labute approximate surface area is 95.8 Å². The second kappa shape index (κ2) is 4.79. The van der Waals surface area contributed by atoms with Crippen LogP contribution in [0.25, 0.3) is 0 Å². The fourth-order valence-corrected chi connectivity index (χ4v) is 3.31. The molecule has 1 atom stereocenters. The minimum Gasteiger partial charge on any atom is -0.399 e. The van der Waals surface area contributed by atoms with Crippen LogP contribution in [0.5, 0.6) is 0 Å². The Hall–Kier alpha value is -0.830. The largest absolute Gasteiger partial charge is 0.399 e. The first kappa shape index (κ1) is 10.7. The van der Waals surface area contributed by atoms with Gasteiger partial charge in [0.2, 0.25) is 0 Å². The quantitative estimate of drug-likeness (QED) is 0.797. The van der Waals surface area contributed by atoms with Crippen LogP contribution in [0.1, 0.15) is 13.3 Å². The van der Waals surface area contributed by atoms with Gasteiger partial charge < -0.3 is 10.6 Å². The van der Waals surface area contributed by atoms with E-state index in [0.717, 1.165) is 12.2 Å². The summed E-state index contributed by atoms with van der Waals surface area (Å²) in [5.41, 5.74) is 7.85. The molecule has 0 aromatic heterocycles. The van der Waals surface area contributed by atoms with Gasteiger partial charge in [0.25, 0.3) is 0 Å². The van der Waals surface area contributed by atoms with E-state index in [0.29, 0.717) is 6.04 Å². The third-order valence-corrected chi connectivity index (χ3v) is 4.06. The van der Waals surface area contributed by atoms with Crippen molar-refractivity contribution in [2.24, 2.45) is 0 Å². The zero-order chi connectivity index (χ0) is 10.7. The van der Waals surface area contributed by atoms with Crippen molar-refractivity contribution < 1.29 is 0 Å². The van der Waals surface area contributed by atoms with E-state index in [4.69, 9.17) is 5.73 Å². The lowest BCUT2D eigenvalue weighted by Crippen LogP contribution is -2.34. The van der Waals surface area contributed by atoms with Crippen LogP contribution in [-0.4, -0.2) is 24.1 Å². The van der Waals surface area contributed by atoms with E-state index in [-0.39, 0.29) is 0 Å². The standard InChI is InChI=1S/C12H18N2S/c1-2-14(12-7-8-15-9-12)11-5-3-10(13)4-6-11/h3-6,12H,2,7-9,13H2,1H3. The van der Waals surface area contributed by atoms with Gasteiger partial charge in [-0.1, -0.05) is 0 Å². The monoisotopic (exact) mass is 222 g/mol. The number of anilines is 2. The molecule has 0 amide bonds. The van der Waals surface area contributed by atoms with Crippen molar-refractivity contribution in [3.63, 3.8) is 0 Å². The maximum atomic E-state index is 5.70. The number of hydrogen-bond acceptors (Lipinski definition) is 3. The molecule has 0 spiro atoms.